The highest BCUT2D eigenvalue weighted by Gasteiger charge is 2.68. The number of piperidine rings is 2. The van der Waals surface area contributed by atoms with E-state index in [1.54, 1.807) is 0 Å². The number of likely N-dealkylation sites (tertiary alicyclic amines) is 1. The molecule has 0 aromatic rings. The third kappa shape index (κ3) is 5.19. The van der Waals surface area contributed by atoms with E-state index in [-0.39, 0.29) is 36.0 Å². The Bertz CT molecular complexity index is 1070. The molecular weight excluding hydrogens is 536 g/mol. The lowest BCUT2D eigenvalue weighted by molar-refractivity contribution is -0.137. The number of carbonyl (C=O) groups excluding carboxylic acids is 2. The van der Waals surface area contributed by atoms with Crippen molar-refractivity contribution < 1.29 is 14.3 Å². The zero-order chi connectivity index (χ0) is 30.1. The van der Waals surface area contributed by atoms with Crippen LogP contribution in [0.25, 0.3) is 0 Å². The molecule has 3 saturated heterocycles. The molecule has 7 rings (SSSR count). The zero-order valence-corrected chi connectivity index (χ0v) is 27.8. The molecule has 4 saturated carbocycles. The highest BCUT2D eigenvalue weighted by molar-refractivity contribution is 5.97. The van der Waals surface area contributed by atoms with E-state index in [1.165, 1.54) is 51.4 Å². The molecular formula is C36H60N4O3. The average molecular weight is 597 g/mol. The van der Waals surface area contributed by atoms with Gasteiger partial charge >= 0.3 is 0 Å². The molecule has 3 heterocycles. The van der Waals surface area contributed by atoms with Gasteiger partial charge in [0.25, 0.3) is 0 Å². The molecule has 1 spiro atoms. The summed E-state index contributed by atoms with van der Waals surface area (Å²) < 4.78 is 7.09. The summed E-state index contributed by atoms with van der Waals surface area (Å²) >= 11 is 0. The van der Waals surface area contributed by atoms with Crippen LogP contribution in [0.1, 0.15) is 111 Å². The lowest BCUT2D eigenvalue weighted by Gasteiger charge is -2.61. The topological polar surface area (TPSA) is 82.7 Å². The van der Waals surface area contributed by atoms with Crippen molar-refractivity contribution in [3.8, 4) is 0 Å². The summed E-state index contributed by atoms with van der Waals surface area (Å²) in [5, 5.41) is 10.3. The van der Waals surface area contributed by atoms with Crippen LogP contribution in [0.15, 0.2) is 0 Å². The number of nitrogens with zero attached hydrogens (tertiary/aromatic N) is 1. The zero-order valence-electron chi connectivity index (χ0n) is 27.8. The van der Waals surface area contributed by atoms with E-state index in [0.717, 1.165) is 69.0 Å². The Morgan fingerprint density at radius 3 is 2.28 bits per heavy atom. The molecule has 7 heteroatoms. The van der Waals surface area contributed by atoms with E-state index in [4.69, 9.17) is 4.74 Å². The van der Waals surface area contributed by atoms with E-state index in [2.05, 4.69) is 55.6 Å². The third-order valence-corrected chi connectivity index (χ3v) is 14.9. The first-order valence-electron chi connectivity index (χ1n) is 18.2. The van der Waals surface area contributed by atoms with Gasteiger partial charge < -0.3 is 20.3 Å². The van der Waals surface area contributed by atoms with Crippen LogP contribution < -0.4 is 16.0 Å². The minimum atomic E-state index is -0.113. The summed E-state index contributed by atoms with van der Waals surface area (Å²) in [5.41, 5.74) is 0.706. The number of fused-ring (bicyclic) bond motifs is 7. The van der Waals surface area contributed by atoms with Gasteiger partial charge in [-0.1, -0.05) is 27.7 Å². The van der Waals surface area contributed by atoms with Crippen LogP contribution in [0, 0.1) is 52.3 Å². The number of hydrogen-bond donors (Lipinski definition) is 3. The van der Waals surface area contributed by atoms with Gasteiger partial charge in [-0.25, -0.2) is 0 Å². The molecule has 7 aliphatic rings. The highest BCUT2D eigenvalue weighted by atomic mass is 16.5. The number of rotatable bonds is 4. The smallest absolute Gasteiger partial charge is 0.229 e. The van der Waals surface area contributed by atoms with Crippen LogP contribution in [0.2, 0.25) is 0 Å². The second-order valence-electron chi connectivity index (χ2n) is 17.2. The molecule has 4 aliphatic carbocycles. The fourth-order valence-electron chi connectivity index (χ4n) is 12.4. The van der Waals surface area contributed by atoms with Gasteiger partial charge in [-0.2, -0.15) is 0 Å². The van der Waals surface area contributed by atoms with Gasteiger partial charge in [0.15, 0.2) is 0 Å². The van der Waals surface area contributed by atoms with Crippen molar-refractivity contribution in [2.24, 2.45) is 52.3 Å². The third-order valence-electron chi connectivity index (χ3n) is 14.9. The normalized spacial score (nSPS) is 49.9. The summed E-state index contributed by atoms with van der Waals surface area (Å²) in [6.07, 6.45) is 14.8. The number of nitrogens with one attached hydrogen (secondary N) is 3. The van der Waals surface area contributed by atoms with E-state index >= 15 is 0 Å². The molecule has 43 heavy (non-hydrogen) atoms. The largest absolute Gasteiger partial charge is 0.357 e. The number of ether oxygens (including phenoxy) is 1. The van der Waals surface area contributed by atoms with Crippen molar-refractivity contribution in [3.05, 3.63) is 0 Å². The summed E-state index contributed by atoms with van der Waals surface area (Å²) in [6, 6.07) is 0.427. The molecule has 0 radical (unpaired) electrons. The standard InChI is InChI=1S/C36H60N4O3/c1-22-8-15-36(37-21-22)23(2)33-30(43-36)19-29-27-7-6-24-18-26(9-13-34(24,3)28(27)10-14-35(29,33)4)39-32(42)20-31(41)38-25-11-16-40(5)17-12-25/h22-30,33,37H,6-21H2,1-5H3,(H,38,41)(H,39,42)/t22-,23+,24+,26?,27-,28+,29+,30+,33+,34+,35+,36-/m1/s1. The van der Waals surface area contributed by atoms with Gasteiger partial charge in [0.1, 0.15) is 12.1 Å². The van der Waals surface area contributed by atoms with Crippen molar-refractivity contribution in [2.75, 3.05) is 26.7 Å². The molecule has 7 fully saturated rings. The first kappa shape index (κ1) is 30.5. The second-order valence-corrected chi connectivity index (χ2v) is 17.2. The Hall–Kier alpha value is -1.18. The maximum atomic E-state index is 12.9. The van der Waals surface area contributed by atoms with Gasteiger partial charge in [-0.05, 0) is 144 Å². The van der Waals surface area contributed by atoms with Crippen LogP contribution in [0.5, 0.6) is 0 Å². The molecule has 0 aromatic carbocycles. The van der Waals surface area contributed by atoms with E-state index < -0.39 is 0 Å². The van der Waals surface area contributed by atoms with Crippen molar-refractivity contribution in [1.29, 1.82) is 0 Å². The fraction of sp³-hybridized carbons (Fsp3) is 0.944. The van der Waals surface area contributed by atoms with E-state index in [9.17, 15) is 9.59 Å². The Morgan fingerprint density at radius 2 is 1.56 bits per heavy atom. The molecule has 3 aliphatic heterocycles. The van der Waals surface area contributed by atoms with Crippen molar-refractivity contribution in [2.45, 2.75) is 135 Å². The van der Waals surface area contributed by atoms with E-state index in [0.29, 0.717) is 34.7 Å². The lowest BCUT2D eigenvalue weighted by Crippen LogP contribution is -2.58. The Morgan fingerprint density at radius 1 is 0.837 bits per heavy atom. The fourth-order valence-corrected chi connectivity index (χ4v) is 12.4. The lowest BCUT2D eigenvalue weighted by atomic mass is 9.44. The van der Waals surface area contributed by atoms with Crippen LogP contribution in [-0.2, 0) is 14.3 Å². The summed E-state index contributed by atoms with van der Waals surface area (Å²) in [6.45, 7) is 13.3. The van der Waals surface area contributed by atoms with Gasteiger partial charge in [0.2, 0.25) is 11.8 Å². The Balaban J connectivity index is 0.948. The van der Waals surface area contributed by atoms with Crippen LogP contribution >= 0.6 is 0 Å². The summed E-state index contributed by atoms with van der Waals surface area (Å²) in [5.74, 6) is 4.93. The SMILES string of the molecule is C[C@@H]1CC[C@@]2(NC1)O[C@H]1C[C@H]3[C@@H]4CC[C@H]5CC(NC(=O)CC(=O)NC6CCN(C)CC6)CC[C@]5(C)[C@H]4CC[C@]3(C)[C@H]1[C@@H]2C. The molecule has 3 N–H and O–H groups in total. The summed E-state index contributed by atoms with van der Waals surface area (Å²) in [7, 11) is 2.12. The predicted molar refractivity (Wildman–Crippen MR) is 169 cm³/mol. The quantitative estimate of drug-likeness (QED) is 0.394. The van der Waals surface area contributed by atoms with Gasteiger partial charge in [0.05, 0.1) is 6.10 Å². The maximum absolute atomic E-state index is 12.9. The Kier molecular flexibility index (Phi) is 7.98. The van der Waals surface area contributed by atoms with Gasteiger partial charge in [-0.15, -0.1) is 0 Å². The van der Waals surface area contributed by atoms with Crippen molar-refractivity contribution >= 4 is 11.8 Å². The maximum Gasteiger partial charge on any atom is 0.229 e. The highest BCUT2D eigenvalue weighted by Crippen LogP contribution is 2.71. The molecule has 0 bridgehead atoms. The average Bonchev–Trinajstić information content (AvgIpc) is 3.41. The van der Waals surface area contributed by atoms with Crippen LogP contribution in [-0.4, -0.2) is 67.3 Å². The van der Waals surface area contributed by atoms with Crippen LogP contribution in [0.3, 0.4) is 0 Å². The first-order chi connectivity index (χ1) is 20.5. The molecule has 7 nitrogen and oxygen atoms in total. The molecule has 1 unspecified atom stereocenters. The number of carbonyl (C=O) groups is 2. The monoisotopic (exact) mass is 596 g/mol. The predicted octanol–water partition coefficient (Wildman–Crippen LogP) is 5.09. The molecule has 12 atom stereocenters. The Labute approximate surface area is 260 Å². The first-order valence-corrected chi connectivity index (χ1v) is 18.2. The summed E-state index contributed by atoms with van der Waals surface area (Å²) in [4.78, 5) is 27.8. The molecule has 242 valence electrons. The molecule has 2 amide bonds. The van der Waals surface area contributed by atoms with E-state index in [1.807, 2.05) is 0 Å². The minimum absolute atomic E-state index is 0.0333. The number of amides is 2. The van der Waals surface area contributed by atoms with Gasteiger partial charge in [0, 0.05) is 24.5 Å². The van der Waals surface area contributed by atoms with Crippen molar-refractivity contribution in [1.82, 2.24) is 20.9 Å². The number of hydrogen-bond acceptors (Lipinski definition) is 5. The van der Waals surface area contributed by atoms with Gasteiger partial charge in [-0.3, -0.25) is 14.9 Å². The van der Waals surface area contributed by atoms with Crippen LogP contribution in [0.4, 0.5) is 0 Å². The minimum Gasteiger partial charge on any atom is -0.357 e. The van der Waals surface area contributed by atoms with Crippen molar-refractivity contribution in [3.63, 3.8) is 0 Å². The second kappa shape index (κ2) is 11.3. The molecule has 0 aromatic heterocycles.